The molecule has 150 valence electrons. The van der Waals surface area contributed by atoms with E-state index in [1.807, 2.05) is 36.4 Å². The summed E-state index contributed by atoms with van der Waals surface area (Å²) in [6.07, 6.45) is 0. The molecule has 3 aromatic rings. The zero-order valence-corrected chi connectivity index (χ0v) is 17.4. The molecular weight excluding hydrogens is 380 g/mol. The number of carbonyl (C=O) groups excluding carboxylic acids is 1. The van der Waals surface area contributed by atoms with E-state index in [0.29, 0.717) is 17.5 Å². The number of anilines is 1. The largest absolute Gasteiger partial charge is 0.369 e. The predicted octanol–water partition coefficient (Wildman–Crippen LogP) is 3.75. The van der Waals surface area contributed by atoms with Gasteiger partial charge in [-0.2, -0.15) is 4.37 Å². The van der Waals surface area contributed by atoms with Gasteiger partial charge in [0, 0.05) is 50.0 Å². The van der Waals surface area contributed by atoms with Crippen molar-refractivity contribution in [2.75, 3.05) is 37.6 Å². The molecule has 29 heavy (non-hydrogen) atoms. The van der Waals surface area contributed by atoms with Crippen LogP contribution in [0.4, 0.5) is 5.69 Å². The van der Waals surface area contributed by atoms with Gasteiger partial charge < -0.3 is 10.2 Å². The van der Waals surface area contributed by atoms with E-state index in [4.69, 9.17) is 0 Å². The van der Waals surface area contributed by atoms with Gasteiger partial charge in [0.1, 0.15) is 4.88 Å². The number of rotatable bonds is 6. The van der Waals surface area contributed by atoms with E-state index in [1.54, 1.807) is 0 Å². The summed E-state index contributed by atoms with van der Waals surface area (Å²) in [6, 6.07) is 22.7. The third kappa shape index (κ3) is 4.83. The lowest BCUT2D eigenvalue weighted by atomic mass is 10.1. The first kappa shape index (κ1) is 19.6. The summed E-state index contributed by atoms with van der Waals surface area (Å²) in [5, 5.41) is 3.08. The lowest BCUT2D eigenvalue weighted by Gasteiger charge is -2.39. The average molecular weight is 407 g/mol. The smallest absolute Gasteiger partial charge is 0.263 e. The fourth-order valence-electron chi connectivity index (χ4n) is 3.64. The Kier molecular flexibility index (Phi) is 6.22. The Morgan fingerprint density at radius 3 is 2.38 bits per heavy atom. The summed E-state index contributed by atoms with van der Waals surface area (Å²) in [5.41, 5.74) is 3.17. The quantitative estimate of drug-likeness (QED) is 0.677. The van der Waals surface area contributed by atoms with Crippen LogP contribution in [0.3, 0.4) is 0 Å². The van der Waals surface area contributed by atoms with Crippen molar-refractivity contribution in [1.82, 2.24) is 14.6 Å². The maximum atomic E-state index is 12.5. The zero-order valence-electron chi connectivity index (χ0n) is 16.6. The summed E-state index contributed by atoms with van der Waals surface area (Å²) in [4.78, 5) is 18.1. The van der Waals surface area contributed by atoms with Crippen LogP contribution in [0.25, 0.3) is 11.3 Å². The summed E-state index contributed by atoms with van der Waals surface area (Å²) >= 11 is 1.26. The second kappa shape index (κ2) is 9.20. The third-order valence-electron chi connectivity index (χ3n) is 5.42. The van der Waals surface area contributed by atoms with Crippen LogP contribution in [0.5, 0.6) is 0 Å². The minimum Gasteiger partial charge on any atom is -0.369 e. The van der Waals surface area contributed by atoms with Gasteiger partial charge in [-0.05, 0) is 36.7 Å². The second-order valence-corrected chi connectivity index (χ2v) is 8.17. The normalized spacial score (nSPS) is 15.8. The SMILES string of the molecule is CC(CNC(=O)c1cc(-c2ccccc2)ns1)N1CCN(c2ccccc2)CC1. The highest BCUT2D eigenvalue weighted by Gasteiger charge is 2.22. The molecule has 1 amide bonds. The van der Waals surface area contributed by atoms with Crippen molar-refractivity contribution < 1.29 is 4.79 Å². The van der Waals surface area contributed by atoms with E-state index in [1.165, 1.54) is 17.2 Å². The molecule has 1 N–H and O–H groups in total. The Morgan fingerprint density at radius 2 is 1.69 bits per heavy atom. The Bertz CT molecular complexity index is 920. The Labute approximate surface area is 176 Å². The number of nitrogens with zero attached hydrogens (tertiary/aromatic N) is 3. The van der Waals surface area contributed by atoms with E-state index in [-0.39, 0.29) is 5.91 Å². The highest BCUT2D eigenvalue weighted by atomic mass is 32.1. The van der Waals surface area contributed by atoms with Gasteiger partial charge in [0.05, 0.1) is 5.69 Å². The fraction of sp³-hybridized carbons (Fsp3) is 0.304. The number of para-hydroxylation sites is 1. The number of hydrogen-bond acceptors (Lipinski definition) is 5. The number of benzene rings is 2. The minimum absolute atomic E-state index is 0.0422. The molecule has 2 heterocycles. The molecule has 0 spiro atoms. The van der Waals surface area contributed by atoms with Gasteiger partial charge in [-0.1, -0.05) is 48.5 Å². The van der Waals surface area contributed by atoms with Crippen molar-refractivity contribution >= 4 is 23.1 Å². The predicted molar refractivity (Wildman–Crippen MR) is 120 cm³/mol. The van der Waals surface area contributed by atoms with E-state index >= 15 is 0 Å². The van der Waals surface area contributed by atoms with Gasteiger partial charge in [-0.3, -0.25) is 9.69 Å². The monoisotopic (exact) mass is 406 g/mol. The summed E-state index contributed by atoms with van der Waals surface area (Å²) in [5.74, 6) is -0.0422. The van der Waals surface area contributed by atoms with Gasteiger partial charge >= 0.3 is 0 Å². The number of carbonyl (C=O) groups is 1. The molecule has 0 aliphatic carbocycles. The highest BCUT2D eigenvalue weighted by molar-refractivity contribution is 7.08. The molecule has 2 aromatic carbocycles. The lowest BCUT2D eigenvalue weighted by molar-refractivity contribution is 0.0938. The Hall–Kier alpha value is -2.70. The molecule has 0 bridgehead atoms. The van der Waals surface area contributed by atoms with Crippen LogP contribution in [-0.4, -0.2) is 53.9 Å². The molecule has 1 aromatic heterocycles. The number of nitrogens with one attached hydrogen (secondary N) is 1. The van der Waals surface area contributed by atoms with Gasteiger partial charge in [0.15, 0.2) is 0 Å². The molecule has 1 aliphatic rings. The van der Waals surface area contributed by atoms with Gasteiger partial charge in [0.25, 0.3) is 5.91 Å². The number of piperazine rings is 1. The van der Waals surface area contributed by atoms with E-state index in [9.17, 15) is 4.79 Å². The van der Waals surface area contributed by atoms with Gasteiger partial charge in [-0.25, -0.2) is 0 Å². The summed E-state index contributed by atoms with van der Waals surface area (Å²) < 4.78 is 4.43. The molecule has 1 unspecified atom stereocenters. The lowest BCUT2D eigenvalue weighted by Crippen LogP contribution is -2.52. The van der Waals surface area contributed by atoms with Crippen molar-refractivity contribution in [3.63, 3.8) is 0 Å². The second-order valence-electron chi connectivity index (χ2n) is 7.36. The molecule has 1 fully saturated rings. The molecule has 5 nitrogen and oxygen atoms in total. The average Bonchev–Trinajstić information content (AvgIpc) is 3.29. The van der Waals surface area contributed by atoms with Crippen molar-refractivity contribution in [2.45, 2.75) is 13.0 Å². The highest BCUT2D eigenvalue weighted by Crippen LogP contribution is 2.21. The third-order valence-corrected chi connectivity index (χ3v) is 6.21. The van der Waals surface area contributed by atoms with Crippen LogP contribution in [-0.2, 0) is 0 Å². The molecule has 4 rings (SSSR count). The molecule has 1 saturated heterocycles. The Morgan fingerprint density at radius 1 is 1.03 bits per heavy atom. The number of hydrogen-bond donors (Lipinski definition) is 1. The van der Waals surface area contributed by atoms with E-state index in [2.05, 4.69) is 56.7 Å². The van der Waals surface area contributed by atoms with Crippen LogP contribution >= 0.6 is 11.5 Å². The summed E-state index contributed by atoms with van der Waals surface area (Å²) in [6.45, 7) is 6.85. The molecule has 1 aliphatic heterocycles. The first-order valence-corrected chi connectivity index (χ1v) is 10.8. The van der Waals surface area contributed by atoms with E-state index < -0.39 is 0 Å². The zero-order chi connectivity index (χ0) is 20.1. The molecular formula is C23H26N4OS. The molecule has 0 saturated carbocycles. The first-order valence-electron chi connectivity index (χ1n) is 10.0. The number of aromatic nitrogens is 1. The van der Waals surface area contributed by atoms with Gasteiger partial charge in [0.2, 0.25) is 0 Å². The standard InChI is InChI=1S/C23H26N4OS/c1-18(26-12-14-27(15-13-26)20-10-6-3-7-11-20)17-24-23(28)22-16-21(25-29-22)19-8-4-2-5-9-19/h2-11,16,18H,12-15,17H2,1H3,(H,24,28). The summed E-state index contributed by atoms with van der Waals surface area (Å²) in [7, 11) is 0. The van der Waals surface area contributed by atoms with Crippen LogP contribution < -0.4 is 10.2 Å². The molecule has 6 heteroatoms. The number of amides is 1. The van der Waals surface area contributed by atoms with Crippen molar-refractivity contribution in [1.29, 1.82) is 0 Å². The van der Waals surface area contributed by atoms with Crippen LogP contribution in [0, 0.1) is 0 Å². The maximum Gasteiger partial charge on any atom is 0.263 e. The van der Waals surface area contributed by atoms with Crippen molar-refractivity contribution in [3.8, 4) is 11.3 Å². The van der Waals surface area contributed by atoms with Gasteiger partial charge in [-0.15, -0.1) is 0 Å². The van der Waals surface area contributed by atoms with E-state index in [0.717, 1.165) is 37.4 Å². The fourth-order valence-corrected chi connectivity index (χ4v) is 4.32. The van der Waals surface area contributed by atoms with Crippen molar-refractivity contribution in [2.24, 2.45) is 0 Å². The van der Waals surface area contributed by atoms with Crippen LogP contribution in [0.2, 0.25) is 0 Å². The van der Waals surface area contributed by atoms with Crippen LogP contribution in [0.15, 0.2) is 66.7 Å². The molecule has 0 radical (unpaired) electrons. The first-order chi connectivity index (χ1) is 14.2. The van der Waals surface area contributed by atoms with Crippen molar-refractivity contribution in [3.05, 3.63) is 71.6 Å². The van der Waals surface area contributed by atoms with Crippen LogP contribution in [0.1, 0.15) is 16.6 Å². The maximum absolute atomic E-state index is 12.5. The topological polar surface area (TPSA) is 48.5 Å². The minimum atomic E-state index is -0.0422. The Balaban J connectivity index is 1.26. The molecule has 1 atom stereocenters.